The lowest BCUT2D eigenvalue weighted by Crippen LogP contribution is -2.55. The smallest absolute Gasteiger partial charge is 0.310 e. The normalized spacial score (nSPS) is 29.1. The van der Waals surface area contributed by atoms with E-state index in [1.807, 2.05) is 13.8 Å². The molecule has 0 spiro atoms. The molecule has 2 aliphatic heterocycles. The van der Waals surface area contributed by atoms with Crippen LogP contribution in [0.5, 0.6) is 0 Å². The van der Waals surface area contributed by atoms with Crippen molar-refractivity contribution in [2.75, 3.05) is 33.2 Å². The first kappa shape index (κ1) is 15.8. The number of hydrogen-bond acceptors (Lipinski definition) is 3. The van der Waals surface area contributed by atoms with E-state index in [4.69, 9.17) is 0 Å². The average Bonchev–Trinajstić information content (AvgIpc) is 2.44. The molecule has 2 fully saturated rings. The molecule has 0 aromatic rings. The monoisotopic (exact) mass is 282 g/mol. The minimum atomic E-state index is -0.620. The molecule has 0 aliphatic carbocycles. The van der Waals surface area contributed by atoms with E-state index in [0.717, 1.165) is 44.4 Å². The molecule has 0 amide bonds. The van der Waals surface area contributed by atoms with Crippen LogP contribution in [-0.2, 0) is 4.79 Å². The van der Waals surface area contributed by atoms with Crippen LogP contribution in [0.1, 0.15) is 46.0 Å². The summed E-state index contributed by atoms with van der Waals surface area (Å²) in [6.45, 7) is 8.12. The first-order chi connectivity index (χ1) is 9.52. The molecule has 1 N–H and O–H groups in total. The number of aliphatic carboxylic acids is 1. The Morgan fingerprint density at radius 3 is 2.55 bits per heavy atom. The van der Waals surface area contributed by atoms with E-state index in [0.29, 0.717) is 0 Å². The van der Waals surface area contributed by atoms with Gasteiger partial charge in [-0.1, -0.05) is 13.8 Å². The van der Waals surface area contributed by atoms with Gasteiger partial charge in [-0.2, -0.15) is 0 Å². The van der Waals surface area contributed by atoms with Crippen molar-refractivity contribution in [1.29, 1.82) is 0 Å². The molecule has 20 heavy (non-hydrogen) atoms. The third kappa shape index (κ3) is 3.01. The molecule has 0 aromatic carbocycles. The molecule has 4 heteroatoms. The molecular weight excluding hydrogens is 252 g/mol. The highest BCUT2D eigenvalue weighted by atomic mass is 16.4. The van der Waals surface area contributed by atoms with Crippen molar-refractivity contribution in [1.82, 2.24) is 9.80 Å². The Bertz CT molecular complexity index is 341. The minimum absolute atomic E-state index is 0.548. The predicted octanol–water partition coefficient (Wildman–Crippen LogP) is 2.29. The van der Waals surface area contributed by atoms with Gasteiger partial charge in [-0.15, -0.1) is 0 Å². The maximum Gasteiger partial charge on any atom is 0.310 e. The van der Waals surface area contributed by atoms with E-state index in [9.17, 15) is 9.90 Å². The Balaban J connectivity index is 1.99. The van der Waals surface area contributed by atoms with Crippen LogP contribution >= 0.6 is 0 Å². The molecule has 4 nitrogen and oxygen atoms in total. The Morgan fingerprint density at radius 2 is 1.95 bits per heavy atom. The second-order valence-corrected chi connectivity index (χ2v) is 6.77. The van der Waals surface area contributed by atoms with Gasteiger partial charge in [0, 0.05) is 19.1 Å². The van der Waals surface area contributed by atoms with Crippen LogP contribution in [0.25, 0.3) is 0 Å². The van der Waals surface area contributed by atoms with Gasteiger partial charge in [0.1, 0.15) is 0 Å². The Labute approximate surface area is 123 Å². The van der Waals surface area contributed by atoms with Crippen LogP contribution in [0, 0.1) is 11.3 Å². The van der Waals surface area contributed by atoms with Crippen LogP contribution in [0.2, 0.25) is 0 Å². The molecule has 0 aromatic heterocycles. The third-order valence-electron chi connectivity index (χ3n) is 5.76. The SMILES string of the molecule is CCC(CC)(CN1CCC2C(CCCN2C)C1)C(=O)O. The molecule has 0 saturated carbocycles. The topological polar surface area (TPSA) is 43.8 Å². The van der Waals surface area contributed by atoms with Gasteiger partial charge in [0.25, 0.3) is 0 Å². The number of hydrogen-bond donors (Lipinski definition) is 1. The lowest BCUT2D eigenvalue weighted by atomic mass is 9.79. The van der Waals surface area contributed by atoms with Crippen molar-refractivity contribution >= 4 is 5.97 Å². The highest BCUT2D eigenvalue weighted by Gasteiger charge is 2.40. The molecule has 0 radical (unpaired) electrons. The van der Waals surface area contributed by atoms with Crippen LogP contribution in [0.15, 0.2) is 0 Å². The first-order valence-corrected chi connectivity index (χ1v) is 8.18. The predicted molar refractivity (Wildman–Crippen MR) is 80.8 cm³/mol. The highest BCUT2D eigenvalue weighted by Crippen LogP contribution is 2.33. The van der Waals surface area contributed by atoms with E-state index < -0.39 is 11.4 Å². The largest absolute Gasteiger partial charge is 0.481 e. The van der Waals surface area contributed by atoms with E-state index >= 15 is 0 Å². The van der Waals surface area contributed by atoms with Crippen molar-refractivity contribution in [2.45, 2.75) is 52.0 Å². The second kappa shape index (κ2) is 6.44. The van der Waals surface area contributed by atoms with Crippen molar-refractivity contribution in [3.05, 3.63) is 0 Å². The van der Waals surface area contributed by atoms with Gasteiger partial charge in [-0.05, 0) is 58.2 Å². The summed E-state index contributed by atoms with van der Waals surface area (Å²) in [6, 6.07) is 0.725. The Morgan fingerprint density at radius 1 is 1.25 bits per heavy atom. The van der Waals surface area contributed by atoms with E-state index in [1.165, 1.54) is 25.8 Å². The number of carboxylic acid groups (broad SMARTS) is 1. The maximum absolute atomic E-state index is 11.7. The summed E-state index contributed by atoms with van der Waals surface area (Å²) < 4.78 is 0. The summed E-state index contributed by atoms with van der Waals surface area (Å²) in [6.07, 6.45) is 5.25. The summed E-state index contributed by atoms with van der Waals surface area (Å²) in [4.78, 5) is 16.6. The number of fused-ring (bicyclic) bond motifs is 1. The molecule has 2 aliphatic rings. The van der Waals surface area contributed by atoms with Crippen LogP contribution < -0.4 is 0 Å². The van der Waals surface area contributed by atoms with Crippen molar-refractivity contribution in [3.63, 3.8) is 0 Å². The number of carbonyl (C=O) groups is 1. The summed E-state index contributed by atoms with van der Waals surface area (Å²) >= 11 is 0. The van der Waals surface area contributed by atoms with Crippen molar-refractivity contribution < 1.29 is 9.90 Å². The zero-order chi connectivity index (χ0) is 14.8. The number of rotatable bonds is 5. The summed E-state index contributed by atoms with van der Waals surface area (Å²) in [5.74, 6) is 0.119. The second-order valence-electron chi connectivity index (χ2n) is 6.77. The molecular formula is C16H30N2O2. The van der Waals surface area contributed by atoms with E-state index in [1.54, 1.807) is 0 Å². The molecule has 116 valence electrons. The number of carboxylic acids is 1. The van der Waals surface area contributed by atoms with Gasteiger partial charge < -0.3 is 14.9 Å². The zero-order valence-electron chi connectivity index (χ0n) is 13.3. The molecule has 2 saturated heterocycles. The Kier molecular flexibility index (Phi) is 5.08. The third-order valence-corrected chi connectivity index (χ3v) is 5.76. The maximum atomic E-state index is 11.7. The van der Waals surface area contributed by atoms with Gasteiger partial charge in [-0.3, -0.25) is 4.79 Å². The van der Waals surface area contributed by atoms with Gasteiger partial charge in [-0.25, -0.2) is 0 Å². The lowest BCUT2D eigenvalue weighted by molar-refractivity contribution is -0.151. The molecule has 0 bridgehead atoms. The highest BCUT2D eigenvalue weighted by molar-refractivity contribution is 5.74. The van der Waals surface area contributed by atoms with Crippen LogP contribution in [0.3, 0.4) is 0 Å². The van der Waals surface area contributed by atoms with Gasteiger partial charge in [0.15, 0.2) is 0 Å². The van der Waals surface area contributed by atoms with E-state index in [2.05, 4.69) is 16.8 Å². The average molecular weight is 282 g/mol. The molecule has 2 unspecified atom stereocenters. The summed E-state index contributed by atoms with van der Waals surface area (Å²) in [5.41, 5.74) is -0.548. The molecule has 2 atom stereocenters. The number of likely N-dealkylation sites (tertiary alicyclic amines) is 2. The van der Waals surface area contributed by atoms with Gasteiger partial charge >= 0.3 is 5.97 Å². The molecule has 2 heterocycles. The van der Waals surface area contributed by atoms with Gasteiger partial charge in [0.2, 0.25) is 0 Å². The fourth-order valence-corrected chi connectivity index (χ4v) is 4.14. The van der Waals surface area contributed by atoms with Crippen LogP contribution in [-0.4, -0.2) is 60.1 Å². The van der Waals surface area contributed by atoms with Crippen molar-refractivity contribution in [3.8, 4) is 0 Å². The quantitative estimate of drug-likeness (QED) is 0.840. The summed E-state index contributed by atoms with van der Waals surface area (Å²) in [7, 11) is 2.24. The zero-order valence-corrected chi connectivity index (χ0v) is 13.3. The number of piperidine rings is 2. The first-order valence-electron chi connectivity index (χ1n) is 8.18. The summed E-state index contributed by atoms with van der Waals surface area (Å²) in [5, 5.41) is 9.59. The lowest BCUT2D eigenvalue weighted by Gasteiger charge is -2.47. The Hall–Kier alpha value is -0.610. The molecule has 2 rings (SSSR count). The van der Waals surface area contributed by atoms with Crippen molar-refractivity contribution in [2.24, 2.45) is 11.3 Å². The fourth-order valence-electron chi connectivity index (χ4n) is 4.14. The minimum Gasteiger partial charge on any atom is -0.481 e. The fraction of sp³-hybridized carbons (Fsp3) is 0.938. The standard InChI is InChI=1S/C16H30N2O2/c1-4-16(5-2,15(19)20)12-18-10-8-14-13(11-18)7-6-9-17(14)3/h13-14H,4-12H2,1-3H3,(H,19,20). The van der Waals surface area contributed by atoms with E-state index in [-0.39, 0.29) is 0 Å². The van der Waals surface area contributed by atoms with Crippen LogP contribution in [0.4, 0.5) is 0 Å². The number of nitrogens with zero attached hydrogens (tertiary/aromatic N) is 2. The van der Waals surface area contributed by atoms with Gasteiger partial charge in [0.05, 0.1) is 5.41 Å².